The predicted octanol–water partition coefficient (Wildman–Crippen LogP) is 2.84. The molecule has 2 aromatic carbocycles. The maximum atomic E-state index is 12.8. The maximum absolute atomic E-state index is 12.8. The largest absolute Gasteiger partial charge is 0.382 e. The van der Waals surface area contributed by atoms with Crippen LogP contribution in [0.3, 0.4) is 0 Å². The first-order chi connectivity index (χ1) is 11.2. The Balaban J connectivity index is 0.00000208. The highest BCUT2D eigenvalue weighted by atomic mass is 35.5. The van der Waals surface area contributed by atoms with Gasteiger partial charge in [0, 0.05) is 19.6 Å². The van der Waals surface area contributed by atoms with Crippen molar-refractivity contribution in [2.24, 2.45) is 0 Å². The first-order valence-electron chi connectivity index (χ1n) is 7.81. The van der Waals surface area contributed by atoms with Gasteiger partial charge in [-0.15, -0.1) is 12.4 Å². The molecule has 0 unspecified atom stereocenters. The van der Waals surface area contributed by atoms with E-state index in [4.69, 9.17) is 0 Å². The lowest BCUT2D eigenvalue weighted by molar-refractivity contribution is -0.119. The van der Waals surface area contributed by atoms with Crippen molar-refractivity contribution in [2.45, 2.75) is 6.42 Å². The normalized spacial score (nSPS) is 12.6. The molecule has 0 atom stereocenters. The molecule has 0 bridgehead atoms. The quantitative estimate of drug-likeness (QED) is 0.872. The van der Waals surface area contributed by atoms with Crippen molar-refractivity contribution >= 4 is 29.7 Å². The van der Waals surface area contributed by atoms with Gasteiger partial charge in [-0.05, 0) is 36.2 Å². The van der Waals surface area contributed by atoms with Gasteiger partial charge in [0.15, 0.2) is 0 Å². The van der Waals surface area contributed by atoms with Crippen molar-refractivity contribution in [1.29, 1.82) is 0 Å². The number of nitrogens with one attached hydrogen (secondary N) is 2. The highest BCUT2D eigenvalue weighted by Gasteiger charge is 2.17. The lowest BCUT2D eigenvalue weighted by Gasteiger charge is -2.31. The van der Waals surface area contributed by atoms with E-state index in [1.165, 1.54) is 12.1 Å². The number of nitrogens with zero attached hydrogens (tertiary/aromatic N) is 1. The zero-order valence-electron chi connectivity index (χ0n) is 13.3. The van der Waals surface area contributed by atoms with Gasteiger partial charge >= 0.3 is 0 Å². The van der Waals surface area contributed by atoms with Crippen molar-refractivity contribution < 1.29 is 9.18 Å². The number of anilines is 2. The highest BCUT2D eigenvalue weighted by molar-refractivity contribution is 5.85. The first kappa shape index (κ1) is 18.1. The molecule has 2 N–H and O–H groups in total. The number of rotatable bonds is 5. The molecule has 0 aromatic heterocycles. The third-order valence-electron chi connectivity index (χ3n) is 3.93. The Morgan fingerprint density at radius 2 is 1.92 bits per heavy atom. The average molecular weight is 350 g/mol. The predicted molar refractivity (Wildman–Crippen MR) is 97.5 cm³/mol. The molecule has 4 nitrogen and oxygen atoms in total. The number of hydrogen-bond donors (Lipinski definition) is 2. The van der Waals surface area contributed by atoms with Crippen molar-refractivity contribution in [3.63, 3.8) is 0 Å². The van der Waals surface area contributed by atoms with Crippen LogP contribution >= 0.6 is 12.4 Å². The summed E-state index contributed by atoms with van der Waals surface area (Å²) in [5, 5.41) is 6.26. The number of hydrogen-bond acceptors (Lipinski definition) is 3. The van der Waals surface area contributed by atoms with Crippen molar-refractivity contribution in [3.05, 3.63) is 59.9 Å². The zero-order chi connectivity index (χ0) is 16.1. The summed E-state index contributed by atoms with van der Waals surface area (Å²) in [4.78, 5) is 14.2. The molecular weight excluding hydrogens is 329 g/mol. The summed E-state index contributed by atoms with van der Waals surface area (Å²) in [6.45, 7) is 2.54. The third kappa shape index (κ3) is 4.61. The number of halogens is 2. The van der Waals surface area contributed by atoms with E-state index in [1.54, 1.807) is 12.1 Å². The molecular formula is C18H21ClFN3O. The molecule has 1 amide bonds. The molecule has 24 heavy (non-hydrogen) atoms. The van der Waals surface area contributed by atoms with Gasteiger partial charge in [-0.1, -0.05) is 24.3 Å². The molecule has 0 spiro atoms. The molecule has 0 aliphatic carbocycles. The molecule has 0 radical (unpaired) electrons. The van der Waals surface area contributed by atoms with Crippen molar-refractivity contribution in [2.75, 3.05) is 36.4 Å². The molecule has 128 valence electrons. The fourth-order valence-electron chi connectivity index (χ4n) is 2.74. The van der Waals surface area contributed by atoms with E-state index >= 15 is 0 Å². The Morgan fingerprint density at radius 1 is 1.17 bits per heavy atom. The van der Waals surface area contributed by atoms with Crippen LogP contribution in [0.1, 0.15) is 5.56 Å². The topological polar surface area (TPSA) is 44.4 Å². The van der Waals surface area contributed by atoms with Gasteiger partial charge in [-0.3, -0.25) is 4.79 Å². The molecule has 2 aromatic rings. The number of benzene rings is 2. The Hall–Kier alpha value is -2.27. The molecule has 0 saturated heterocycles. The lowest BCUT2D eigenvalue weighted by Crippen LogP contribution is -2.42. The summed E-state index contributed by atoms with van der Waals surface area (Å²) >= 11 is 0. The van der Waals surface area contributed by atoms with Gasteiger partial charge in [0.2, 0.25) is 5.91 Å². The second-order valence-electron chi connectivity index (χ2n) is 5.59. The fraction of sp³-hybridized carbons (Fsp3) is 0.278. The van der Waals surface area contributed by atoms with Crippen LogP contribution in [0.2, 0.25) is 0 Å². The fourth-order valence-corrected chi connectivity index (χ4v) is 2.74. The van der Waals surface area contributed by atoms with Gasteiger partial charge < -0.3 is 15.5 Å². The number of carbonyl (C=O) groups is 1. The molecule has 1 aliphatic heterocycles. The Kier molecular flexibility index (Phi) is 6.44. The molecule has 6 heteroatoms. The summed E-state index contributed by atoms with van der Waals surface area (Å²) in [6, 6.07) is 14.4. The van der Waals surface area contributed by atoms with Gasteiger partial charge in [-0.2, -0.15) is 0 Å². The minimum Gasteiger partial charge on any atom is -0.382 e. The lowest BCUT2D eigenvalue weighted by atomic mass is 10.1. The molecule has 0 fully saturated rings. The maximum Gasteiger partial charge on any atom is 0.239 e. The van der Waals surface area contributed by atoms with Gasteiger partial charge in [-0.25, -0.2) is 4.39 Å². The zero-order valence-corrected chi connectivity index (χ0v) is 14.1. The minimum absolute atomic E-state index is 0. The van der Waals surface area contributed by atoms with Crippen LogP contribution in [0, 0.1) is 5.82 Å². The Labute approximate surface area is 147 Å². The monoisotopic (exact) mass is 349 g/mol. The molecule has 0 saturated carbocycles. The van der Waals surface area contributed by atoms with Crippen molar-refractivity contribution in [1.82, 2.24) is 5.32 Å². The highest BCUT2D eigenvalue weighted by Crippen LogP contribution is 2.27. The molecule has 1 aliphatic rings. The second-order valence-corrected chi connectivity index (χ2v) is 5.59. The molecule has 1 heterocycles. The van der Waals surface area contributed by atoms with E-state index in [9.17, 15) is 9.18 Å². The Morgan fingerprint density at radius 3 is 2.71 bits per heavy atom. The van der Waals surface area contributed by atoms with Gasteiger partial charge in [0.25, 0.3) is 0 Å². The van der Waals surface area contributed by atoms with E-state index in [1.807, 2.05) is 24.3 Å². The Bertz CT molecular complexity index is 678. The van der Waals surface area contributed by atoms with Crippen LogP contribution < -0.4 is 15.5 Å². The third-order valence-corrected chi connectivity index (χ3v) is 3.93. The first-order valence-corrected chi connectivity index (χ1v) is 7.81. The number of para-hydroxylation sites is 2. The number of carbonyl (C=O) groups excluding carboxylic acids is 1. The summed E-state index contributed by atoms with van der Waals surface area (Å²) < 4.78 is 12.8. The van der Waals surface area contributed by atoms with Crippen LogP contribution in [-0.2, 0) is 11.2 Å². The van der Waals surface area contributed by atoms with E-state index in [-0.39, 0.29) is 24.1 Å². The van der Waals surface area contributed by atoms with Crippen LogP contribution in [0.4, 0.5) is 15.8 Å². The van der Waals surface area contributed by atoms with E-state index in [2.05, 4.69) is 15.5 Å². The minimum atomic E-state index is -0.241. The van der Waals surface area contributed by atoms with Gasteiger partial charge in [0.05, 0.1) is 17.9 Å². The smallest absolute Gasteiger partial charge is 0.239 e. The molecule has 3 rings (SSSR count). The van der Waals surface area contributed by atoms with E-state index in [0.717, 1.165) is 30.0 Å². The van der Waals surface area contributed by atoms with E-state index in [0.29, 0.717) is 19.5 Å². The summed E-state index contributed by atoms with van der Waals surface area (Å²) in [6.07, 6.45) is 0.699. The summed E-state index contributed by atoms with van der Waals surface area (Å²) in [5.74, 6) is -0.237. The van der Waals surface area contributed by atoms with Crippen LogP contribution in [0.25, 0.3) is 0 Å². The van der Waals surface area contributed by atoms with Gasteiger partial charge in [0.1, 0.15) is 5.82 Å². The number of amides is 1. The SMILES string of the molecule is Cl.O=C(CN1CCNc2ccccc21)NCCc1ccc(F)cc1. The average Bonchev–Trinajstić information content (AvgIpc) is 2.57. The van der Waals surface area contributed by atoms with Crippen LogP contribution in [-0.4, -0.2) is 32.1 Å². The number of fused-ring (bicyclic) bond motifs is 1. The van der Waals surface area contributed by atoms with Crippen molar-refractivity contribution in [3.8, 4) is 0 Å². The van der Waals surface area contributed by atoms with E-state index < -0.39 is 0 Å². The summed E-state index contributed by atoms with van der Waals surface area (Å²) in [5.41, 5.74) is 3.14. The van der Waals surface area contributed by atoms with Crippen LogP contribution in [0.15, 0.2) is 48.5 Å². The second kappa shape index (κ2) is 8.55. The van der Waals surface area contributed by atoms with Crippen LogP contribution in [0.5, 0.6) is 0 Å². The summed E-state index contributed by atoms with van der Waals surface area (Å²) in [7, 11) is 0. The standard InChI is InChI=1S/C18H20FN3O.ClH/c19-15-7-5-14(6-8-15)9-10-21-18(23)13-22-12-11-20-16-3-1-2-4-17(16)22;/h1-8,20H,9-13H2,(H,21,23);1H.